The number of hydrogen-bond donors (Lipinski definition) is 3. The van der Waals surface area contributed by atoms with E-state index in [2.05, 4.69) is 10.0 Å². The lowest BCUT2D eigenvalue weighted by Crippen LogP contribution is -2.41. The Bertz CT molecular complexity index is 849. The third kappa shape index (κ3) is 7.83. The van der Waals surface area contributed by atoms with Gasteiger partial charge in [0.2, 0.25) is 10.0 Å². The van der Waals surface area contributed by atoms with Crippen LogP contribution in [0, 0.1) is 0 Å². The Hall–Kier alpha value is -2.17. The molecule has 0 saturated heterocycles. The van der Waals surface area contributed by atoms with Crippen molar-refractivity contribution in [3.8, 4) is 0 Å². The number of esters is 1. The van der Waals surface area contributed by atoms with Crippen molar-refractivity contribution in [1.29, 1.82) is 0 Å². The van der Waals surface area contributed by atoms with Gasteiger partial charge in [-0.05, 0) is 45.4 Å². The number of nitrogens with one attached hydrogen (secondary N) is 3. The molecule has 0 aromatic heterocycles. The monoisotopic (exact) mass is 433 g/mol. The molecule has 0 spiro atoms. The molecule has 9 nitrogen and oxygen atoms in total. The molecule has 11 heteroatoms. The van der Waals surface area contributed by atoms with Crippen LogP contribution in [0.5, 0.6) is 0 Å². The second-order valence-electron chi connectivity index (χ2n) is 6.88. The van der Waals surface area contributed by atoms with Crippen LogP contribution in [0.25, 0.3) is 0 Å². The number of hydrogen-bond acceptors (Lipinski definition) is 6. The summed E-state index contributed by atoms with van der Waals surface area (Å²) in [5, 5.41) is 4.36. The summed E-state index contributed by atoms with van der Waals surface area (Å²) in [5.41, 5.74) is -0.864. The predicted octanol–water partition coefficient (Wildman–Crippen LogP) is 1.81. The predicted molar refractivity (Wildman–Crippen MR) is 104 cm³/mol. The van der Waals surface area contributed by atoms with Crippen molar-refractivity contribution in [3.63, 3.8) is 0 Å². The number of ether oxygens (including phenoxy) is 1. The van der Waals surface area contributed by atoms with E-state index in [4.69, 9.17) is 16.3 Å². The van der Waals surface area contributed by atoms with Gasteiger partial charge in [-0.1, -0.05) is 18.5 Å². The van der Waals surface area contributed by atoms with Crippen molar-refractivity contribution in [2.75, 3.05) is 13.2 Å². The number of benzene rings is 1. The van der Waals surface area contributed by atoms with Gasteiger partial charge in [0.15, 0.2) is 6.61 Å². The summed E-state index contributed by atoms with van der Waals surface area (Å²) in [5.74, 6) is -1.76. The molecule has 1 aromatic carbocycles. The number of sulfonamides is 1. The molecule has 0 radical (unpaired) electrons. The van der Waals surface area contributed by atoms with Gasteiger partial charge >= 0.3 is 12.0 Å². The first kappa shape index (κ1) is 23.9. The average molecular weight is 434 g/mol. The van der Waals surface area contributed by atoms with Gasteiger partial charge in [0.05, 0.1) is 10.6 Å². The van der Waals surface area contributed by atoms with E-state index in [1.54, 1.807) is 20.8 Å². The van der Waals surface area contributed by atoms with Gasteiger partial charge in [0.1, 0.15) is 4.90 Å². The van der Waals surface area contributed by atoms with Crippen LogP contribution in [0.15, 0.2) is 23.1 Å². The van der Waals surface area contributed by atoms with E-state index in [-0.39, 0.29) is 15.5 Å². The van der Waals surface area contributed by atoms with Crippen LogP contribution >= 0.6 is 11.6 Å². The fraction of sp³-hybridized carbons (Fsp3) is 0.471. The topological polar surface area (TPSA) is 131 Å². The minimum absolute atomic E-state index is 0.0707. The summed E-state index contributed by atoms with van der Waals surface area (Å²) in [6.45, 7) is 6.51. The molecule has 0 unspecified atom stereocenters. The van der Waals surface area contributed by atoms with Crippen LogP contribution in [-0.2, 0) is 19.6 Å². The van der Waals surface area contributed by atoms with Gasteiger partial charge < -0.3 is 10.1 Å². The van der Waals surface area contributed by atoms with Crippen molar-refractivity contribution in [1.82, 2.24) is 15.4 Å². The van der Waals surface area contributed by atoms with Crippen LogP contribution in [0.2, 0.25) is 5.02 Å². The van der Waals surface area contributed by atoms with Gasteiger partial charge in [0, 0.05) is 12.1 Å². The fourth-order valence-corrected chi connectivity index (χ4v) is 3.90. The summed E-state index contributed by atoms with van der Waals surface area (Å²) in [6, 6.07) is 2.88. The largest absolute Gasteiger partial charge is 0.452 e. The Morgan fingerprint density at radius 1 is 1.18 bits per heavy atom. The van der Waals surface area contributed by atoms with Crippen LogP contribution in [0.4, 0.5) is 4.79 Å². The lowest BCUT2D eigenvalue weighted by Gasteiger charge is -2.21. The molecule has 28 heavy (non-hydrogen) atoms. The third-order valence-corrected chi connectivity index (χ3v) is 5.26. The Balaban J connectivity index is 2.82. The zero-order chi connectivity index (χ0) is 21.5. The fourth-order valence-electron chi connectivity index (χ4n) is 1.95. The van der Waals surface area contributed by atoms with Gasteiger partial charge in [-0.15, -0.1) is 0 Å². The van der Waals surface area contributed by atoms with E-state index >= 15 is 0 Å². The molecule has 1 aromatic rings. The molecule has 3 N–H and O–H groups in total. The van der Waals surface area contributed by atoms with Crippen LogP contribution in [-0.4, -0.2) is 45.0 Å². The standard InChI is InChI=1S/C17H24ClN3O6S/c1-5-8-19-16(24)20-14(22)10-27-15(23)11-6-7-12(18)13(9-11)28(25,26)21-17(2,3)4/h6-7,9,21H,5,8,10H2,1-4H3,(H2,19,20,22,24). The summed E-state index contributed by atoms with van der Waals surface area (Å²) < 4.78 is 32.2. The van der Waals surface area contributed by atoms with Crippen molar-refractivity contribution in [3.05, 3.63) is 28.8 Å². The summed E-state index contributed by atoms with van der Waals surface area (Å²) in [7, 11) is -3.98. The molecule has 3 amide bonds. The van der Waals surface area contributed by atoms with E-state index in [1.807, 2.05) is 12.2 Å². The number of carbonyl (C=O) groups is 3. The number of carbonyl (C=O) groups excluding carboxylic acids is 3. The molecular formula is C17H24ClN3O6S. The van der Waals surface area contributed by atoms with Gasteiger partial charge in [-0.3, -0.25) is 10.1 Å². The van der Waals surface area contributed by atoms with Gasteiger partial charge in [-0.2, -0.15) is 0 Å². The number of halogens is 1. The SMILES string of the molecule is CCCNC(=O)NC(=O)COC(=O)c1ccc(Cl)c(S(=O)(=O)NC(C)(C)C)c1. The summed E-state index contributed by atoms with van der Waals surface area (Å²) >= 11 is 5.96. The highest BCUT2D eigenvalue weighted by molar-refractivity contribution is 7.89. The van der Waals surface area contributed by atoms with E-state index in [0.717, 1.165) is 6.07 Å². The Labute approximate surface area is 169 Å². The first-order valence-electron chi connectivity index (χ1n) is 8.44. The highest BCUT2D eigenvalue weighted by Gasteiger charge is 2.25. The van der Waals surface area contributed by atoms with Crippen LogP contribution in [0.1, 0.15) is 44.5 Å². The highest BCUT2D eigenvalue weighted by atomic mass is 35.5. The zero-order valence-electron chi connectivity index (χ0n) is 16.1. The molecular weight excluding hydrogens is 410 g/mol. The summed E-state index contributed by atoms with van der Waals surface area (Å²) in [4.78, 5) is 34.8. The third-order valence-electron chi connectivity index (χ3n) is 3.02. The van der Waals surface area contributed by atoms with Crippen molar-refractivity contribution >= 4 is 39.5 Å². The normalized spacial score (nSPS) is 11.6. The first-order chi connectivity index (χ1) is 12.9. The molecule has 0 bridgehead atoms. The van der Waals surface area contributed by atoms with Crippen LogP contribution < -0.4 is 15.4 Å². The number of imide groups is 1. The molecule has 156 valence electrons. The van der Waals surface area contributed by atoms with E-state index < -0.39 is 40.1 Å². The minimum Gasteiger partial charge on any atom is -0.452 e. The average Bonchev–Trinajstić information content (AvgIpc) is 2.56. The first-order valence-corrected chi connectivity index (χ1v) is 10.3. The lowest BCUT2D eigenvalue weighted by molar-refractivity contribution is -0.123. The second kappa shape index (κ2) is 9.85. The van der Waals surface area contributed by atoms with E-state index in [9.17, 15) is 22.8 Å². The van der Waals surface area contributed by atoms with Gasteiger partial charge in [0.25, 0.3) is 5.91 Å². The maximum atomic E-state index is 12.5. The summed E-state index contributed by atoms with van der Waals surface area (Å²) in [6.07, 6.45) is 0.697. The zero-order valence-corrected chi connectivity index (χ0v) is 17.7. The second-order valence-corrected chi connectivity index (χ2v) is 8.94. The molecule has 0 aliphatic carbocycles. The van der Waals surface area contributed by atoms with Crippen molar-refractivity contribution in [2.24, 2.45) is 0 Å². The van der Waals surface area contributed by atoms with Crippen molar-refractivity contribution in [2.45, 2.75) is 44.6 Å². The Morgan fingerprint density at radius 2 is 1.82 bits per heavy atom. The smallest absolute Gasteiger partial charge is 0.338 e. The maximum absolute atomic E-state index is 12.5. The lowest BCUT2D eigenvalue weighted by atomic mass is 10.1. The van der Waals surface area contributed by atoms with E-state index in [1.165, 1.54) is 12.1 Å². The number of rotatable bonds is 7. The Kier molecular flexibility index (Phi) is 8.40. The van der Waals surface area contributed by atoms with Crippen molar-refractivity contribution < 1.29 is 27.5 Å². The Morgan fingerprint density at radius 3 is 2.39 bits per heavy atom. The molecule has 0 saturated carbocycles. The van der Waals surface area contributed by atoms with Crippen LogP contribution in [0.3, 0.4) is 0 Å². The minimum atomic E-state index is -3.98. The number of amides is 3. The maximum Gasteiger partial charge on any atom is 0.338 e. The van der Waals surface area contributed by atoms with Gasteiger partial charge in [-0.25, -0.2) is 22.7 Å². The van der Waals surface area contributed by atoms with E-state index in [0.29, 0.717) is 13.0 Å². The molecule has 0 atom stereocenters. The molecule has 0 heterocycles. The quantitative estimate of drug-likeness (QED) is 0.562. The highest BCUT2D eigenvalue weighted by Crippen LogP contribution is 2.24. The molecule has 0 fully saturated rings. The molecule has 0 aliphatic heterocycles. The molecule has 1 rings (SSSR count). The number of urea groups is 1. The molecule has 0 aliphatic rings.